The Kier molecular flexibility index (Phi) is 4.25. The molecule has 0 aromatic heterocycles. The minimum Gasteiger partial charge on any atom is -0.298 e. The third-order valence-electron chi connectivity index (χ3n) is 3.22. The molecule has 1 heterocycles. The van der Waals surface area contributed by atoms with Crippen LogP contribution in [0.3, 0.4) is 0 Å². The Morgan fingerprint density at radius 3 is 2.84 bits per heavy atom. The molecule has 6 heteroatoms. The third-order valence-corrected chi connectivity index (χ3v) is 4.19. The molecule has 0 fully saturated rings. The van der Waals surface area contributed by atoms with Gasteiger partial charge in [0.1, 0.15) is 0 Å². The first-order chi connectivity index (χ1) is 8.89. The van der Waals surface area contributed by atoms with Gasteiger partial charge >= 0.3 is 0 Å². The van der Waals surface area contributed by atoms with E-state index in [0.29, 0.717) is 5.92 Å². The Labute approximate surface area is 114 Å². The first-order valence-electron chi connectivity index (χ1n) is 6.51. The maximum absolute atomic E-state index is 11.7. The number of hydrogen-bond donors (Lipinski definition) is 3. The fourth-order valence-corrected chi connectivity index (χ4v) is 3.19. The molecule has 1 aromatic carbocycles. The zero-order valence-corrected chi connectivity index (χ0v) is 12.1. The van der Waals surface area contributed by atoms with Crippen LogP contribution in [0.15, 0.2) is 23.1 Å². The highest BCUT2D eigenvalue weighted by molar-refractivity contribution is 7.89. The molecule has 1 aliphatic heterocycles. The van der Waals surface area contributed by atoms with Crippen LogP contribution in [0.25, 0.3) is 0 Å². The van der Waals surface area contributed by atoms with Gasteiger partial charge in [0, 0.05) is 12.1 Å². The van der Waals surface area contributed by atoms with Gasteiger partial charge in [-0.15, -0.1) is 0 Å². The highest BCUT2D eigenvalue weighted by atomic mass is 32.2. The molecule has 4 N–H and O–H groups in total. The van der Waals surface area contributed by atoms with E-state index in [1.54, 1.807) is 12.1 Å². The predicted molar refractivity (Wildman–Crippen MR) is 75.1 cm³/mol. The Morgan fingerprint density at radius 2 is 2.21 bits per heavy atom. The highest BCUT2D eigenvalue weighted by Crippen LogP contribution is 2.27. The van der Waals surface area contributed by atoms with Crippen molar-refractivity contribution in [2.75, 3.05) is 13.1 Å². The van der Waals surface area contributed by atoms with Crippen molar-refractivity contribution in [3.8, 4) is 0 Å². The number of nitrogens with two attached hydrogens (primary N) is 1. The summed E-state index contributed by atoms with van der Waals surface area (Å²) in [4.78, 5) is 0.221. The molecule has 0 saturated heterocycles. The van der Waals surface area contributed by atoms with Crippen molar-refractivity contribution in [3.63, 3.8) is 0 Å². The van der Waals surface area contributed by atoms with Gasteiger partial charge in [-0.1, -0.05) is 26.0 Å². The number of primary sulfonamides is 1. The van der Waals surface area contributed by atoms with Crippen molar-refractivity contribution in [2.24, 2.45) is 11.1 Å². The van der Waals surface area contributed by atoms with Gasteiger partial charge in [-0.2, -0.15) is 0 Å². The van der Waals surface area contributed by atoms with E-state index in [4.69, 9.17) is 5.14 Å². The Hall–Kier alpha value is -0.950. The van der Waals surface area contributed by atoms with E-state index >= 15 is 0 Å². The van der Waals surface area contributed by atoms with Crippen LogP contribution in [-0.2, 0) is 16.4 Å². The van der Waals surface area contributed by atoms with E-state index < -0.39 is 10.0 Å². The molecule has 0 aliphatic carbocycles. The van der Waals surface area contributed by atoms with Gasteiger partial charge in [-0.25, -0.2) is 13.6 Å². The monoisotopic (exact) mass is 283 g/mol. The maximum Gasteiger partial charge on any atom is 0.238 e. The van der Waals surface area contributed by atoms with E-state index in [1.165, 1.54) is 0 Å². The lowest BCUT2D eigenvalue weighted by molar-refractivity contribution is 0.388. The molecule has 106 valence electrons. The molecular weight excluding hydrogens is 262 g/mol. The molecular formula is C13H21N3O2S. The second-order valence-electron chi connectivity index (χ2n) is 5.31. The highest BCUT2D eigenvalue weighted by Gasteiger charge is 2.26. The molecule has 0 spiro atoms. The van der Waals surface area contributed by atoms with Gasteiger partial charge in [0.15, 0.2) is 0 Å². The zero-order chi connectivity index (χ0) is 14.0. The van der Waals surface area contributed by atoms with Crippen LogP contribution in [0.4, 0.5) is 0 Å². The SMILES string of the molecule is CC(C)CNC1NCCc2cccc(S(N)(=O)=O)c21. The van der Waals surface area contributed by atoms with Gasteiger partial charge in [-0.05, 0) is 30.5 Å². The van der Waals surface area contributed by atoms with Crippen LogP contribution in [0.5, 0.6) is 0 Å². The average Bonchev–Trinajstić information content (AvgIpc) is 2.34. The van der Waals surface area contributed by atoms with Crippen molar-refractivity contribution in [1.82, 2.24) is 10.6 Å². The van der Waals surface area contributed by atoms with Crippen LogP contribution in [0.2, 0.25) is 0 Å². The van der Waals surface area contributed by atoms with Crippen LogP contribution in [0.1, 0.15) is 31.1 Å². The molecule has 0 saturated carbocycles. The summed E-state index contributed by atoms with van der Waals surface area (Å²) in [5.41, 5.74) is 1.82. The minimum absolute atomic E-state index is 0.152. The number of hydrogen-bond acceptors (Lipinski definition) is 4. The number of nitrogens with one attached hydrogen (secondary N) is 2. The number of benzene rings is 1. The summed E-state index contributed by atoms with van der Waals surface area (Å²) < 4.78 is 23.4. The average molecular weight is 283 g/mol. The number of fused-ring (bicyclic) bond motifs is 1. The summed E-state index contributed by atoms with van der Waals surface area (Å²) in [5, 5.41) is 12.0. The topological polar surface area (TPSA) is 84.2 Å². The minimum atomic E-state index is -3.70. The Morgan fingerprint density at radius 1 is 1.47 bits per heavy atom. The van der Waals surface area contributed by atoms with Gasteiger partial charge in [0.25, 0.3) is 0 Å². The maximum atomic E-state index is 11.7. The molecule has 0 amide bonds. The molecule has 1 aromatic rings. The summed E-state index contributed by atoms with van der Waals surface area (Å²) in [6, 6.07) is 5.30. The molecule has 19 heavy (non-hydrogen) atoms. The second kappa shape index (κ2) is 5.58. The lowest BCUT2D eigenvalue weighted by Gasteiger charge is -2.30. The molecule has 1 unspecified atom stereocenters. The van der Waals surface area contributed by atoms with Crippen molar-refractivity contribution in [1.29, 1.82) is 0 Å². The summed E-state index contributed by atoms with van der Waals surface area (Å²) in [6.45, 7) is 5.87. The van der Waals surface area contributed by atoms with Crippen LogP contribution in [0, 0.1) is 5.92 Å². The summed E-state index contributed by atoms with van der Waals surface area (Å²) >= 11 is 0. The lowest BCUT2D eigenvalue weighted by Crippen LogP contribution is -2.42. The fourth-order valence-electron chi connectivity index (χ4n) is 2.36. The normalized spacial score (nSPS) is 19.5. The molecule has 2 rings (SSSR count). The van der Waals surface area contributed by atoms with Crippen molar-refractivity contribution < 1.29 is 8.42 Å². The van der Waals surface area contributed by atoms with Gasteiger partial charge < -0.3 is 0 Å². The van der Waals surface area contributed by atoms with Gasteiger partial charge in [0.2, 0.25) is 10.0 Å². The van der Waals surface area contributed by atoms with E-state index in [0.717, 1.165) is 30.6 Å². The van der Waals surface area contributed by atoms with E-state index in [-0.39, 0.29) is 11.1 Å². The number of sulfonamides is 1. The van der Waals surface area contributed by atoms with E-state index in [9.17, 15) is 8.42 Å². The summed E-state index contributed by atoms with van der Waals surface area (Å²) in [5.74, 6) is 0.494. The van der Waals surface area contributed by atoms with Crippen molar-refractivity contribution >= 4 is 10.0 Å². The zero-order valence-electron chi connectivity index (χ0n) is 11.3. The standard InChI is InChI=1S/C13H21N3O2S/c1-9(2)8-16-13-12-10(6-7-15-13)4-3-5-11(12)19(14,17)18/h3-5,9,13,15-16H,6-8H2,1-2H3,(H2,14,17,18). The first kappa shape index (κ1) is 14.5. The molecule has 1 aliphatic rings. The van der Waals surface area contributed by atoms with Crippen LogP contribution >= 0.6 is 0 Å². The van der Waals surface area contributed by atoms with Crippen molar-refractivity contribution in [3.05, 3.63) is 29.3 Å². The lowest BCUT2D eigenvalue weighted by atomic mass is 9.98. The summed E-state index contributed by atoms with van der Waals surface area (Å²) in [6.07, 6.45) is 0.666. The molecule has 0 radical (unpaired) electrons. The number of rotatable bonds is 4. The second-order valence-corrected chi connectivity index (χ2v) is 6.84. The molecule has 5 nitrogen and oxygen atoms in total. The first-order valence-corrected chi connectivity index (χ1v) is 8.05. The molecule has 1 atom stereocenters. The van der Waals surface area contributed by atoms with Gasteiger partial charge in [0.05, 0.1) is 11.1 Å². The third kappa shape index (κ3) is 3.33. The Bertz CT molecular complexity index is 555. The predicted octanol–water partition coefficient (Wildman–Crippen LogP) is 0.724. The fraction of sp³-hybridized carbons (Fsp3) is 0.538. The van der Waals surface area contributed by atoms with E-state index in [1.807, 2.05) is 6.07 Å². The van der Waals surface area contributed by atoms with Crippen LogP contribution < -0.4 is 15.8 Å². The van der Waals surface area contributed by atoms with E-state index in [2.05, 4.69) is 24.5 Å². The Balaban J connectivity index is 2.41. The summed E-state index contributed by atoms with van der Waals surface area (Å²) in [7, 11) is -3.70. The smallest absolute Gasteiger partial charge is 0.238 e. The van der Waals surface area contributed by atoms with Crippen LogP contribution in [-0.4, -0.2) is 21.5 Å². The largest absolute Gasteiger partial charge is 0.298 e. The van der Waals surface area contributed by atoms with Crippen molar-refractivity contribution in [2.45, 2.75) is 31.3 Å². The molecule has 0 bridgehead atoms. The quantitative estimate of drug-likeness (QED) is 0.760. The van der Waals surface area contributed by atoms with Gasteiger partial charge in [-0.3, -0.25) is 10.6 Å².